The number of thiocarbonyl (C=S) groups is 1. The first kappa shape index (κ1) is 13.0. The van der Waals surface area contributed by atoms with Gasteiger partial charge in [0.25, 0.3) is 0 Å². The van der Waals surface area contributed by atoms with Gasteiger partial charge in [-0.25, -0.2) is 0 Å². The van der Waals surface area contributed by atoms with Crippen molar-refractivity contribution in [2.24, 2.45) is 11.7 Å². The van der Waals surface area contributed by atoms with Crippen LogP contribution in [-0.2, 0) is 11.3 Å². The maximum absolute atomic E-state index is 11.7. The molecule has 0 unspecified atom stereocenters. The van der Waals surface area contributed by atoms with E-state index < -0.39 is 0 Å². The van der Waals surface area contributed by atoms with Crippen LogP contribution < -0.4 is 11.1 Å². The van der Waals surface area contributed by atoms with E-state index in [1.165, 1.54) is 19.3 Å². The van der Waals surface area contributed by atoms with Crippen LogP contribution in [-0.4, -0.2) is 10.9 Å². The summed E-state index contributed by atoms with van der Waals surface area (Å²) in [6, 6.07) is 7.67. The molecule has 4 heteroatoms. The minimum absolute atomic E-state index is 0.139. The van der Waals surface area contributed by atoms with Gasteiger partial charge in [0, 0.05) is 18.5 Å². The smallest absolute Gasteiger partial charge is 0.220 e. The molecule has 3 N–H and O–H groups in total. The molecule has 1 aromatic rings. The Kier molecular flexibility index (Phi) is 4.31. The highest BCUT2D eigenvalue weighted by molar-refractivity contribution is 7.80. The summed E-state index contributed by atoms with van der Waals surface area (Å²) in [7, 11) is 0. The molecule has 0 saturated heterocycles. The van der Waals surface area contributed by atoms with Crippen molar-refractivity contribution < 1.29 is 4.79 Å². The van der Waals surface area contributed by atoms with E-state index in [9.17, 15) is 4.79 Å². The molecule has 2 rings (SSSR count). The van der Waals surface area contributed by atoms with Crippen molar-refractivity contribution in [3.05, 3.63) is 35.4 Å². The number of benzene rings is 1. The van der Waals surface area contributed by atoms with E-state index in [1.807, 2.05) is 24.3 Å². The molecule has 1 aromatic carbocycles. The standard InChI is InChI=1S/C14H18N2OS/c15-14(18)12-6-2-5-11(7-12)9-16-13(17)8-10-3-1-4-10/h2,5-7,10H,1,3-4,8-9H2,(H2,15,18)(H,16,17). The predicted molar refractivity (Wildman–Crippen MR) is 76.1 cm³/mol. The molecule has 0 bridgehead atoms. The molecule has 1 saturated carbocycles. The maximum Gasteiger partial charge on any atom is 0.220 e. The minimum Gasteiger partial charge on any atom is -0.389 e. The quantitative estimate of drug-likeness (QED) is 0.799. The number of hydrogen-bond donors (Lipinski definition) is 2. The maximum atomic E-state index is 11.7. The minimum atomic E-state index is 0.139. The molecule has 0 aromatic heterocycles. The lowest BCUT2D eigenvalue weighted by Crippen LogP contribution is -2.27. The Bertz CT molecular complexity index is 455. The second-order valence-electron chi connectivity index (χ2n) is 4.84. The number of rotatable bonds is 5. The van der Waals surface area contributed by atoms with Crippen molar-refractivity contribution in [1.29, 1.82) is 0 Å². The lowest BCUT2D eigenvalue weighted by molar-refractivity contribution is -0.122. The third-order valence-corrected chi connectivity index (χ3v) is 3.64. The van der Waals surface area contributed by atoms with Gasteiger partial charge in [-0.15, -0.1) is 0 Å². The molecule has 0 aliphatic heterocycles. The topological polar surface area (TPSA) is 55.1 Å². The fourth-order valence-electron chi connectivity index (χ4n) is 2.07. The van der Waals surface area contributed by atoms with Gasteiger partial charge < -0.3 is 11.1 Å². The summed E-state index contributed by atoms with van der Waals surface area (Å²) in [6.45, 7) is 0.544. The van der Waals surface area contributed by atoms with Gasteiger partial charge in [0.2, 0.25) is 5.91 Å². The van der Waals surface area contributed by atoms with E-state index in [1.54, 1.807) is 0 Å². The molecule has 0 radical (unpaired) electrons. The summed E-state index contributed by atoms with van der Waals surface area (Å²) in [5, 5.41) is 2.94. The first-order valence-corrected chi connectivity index (χ1v) is 6.71. The van der Waals surface area contributed by atoms with Crippen molar-refractivity contribution in [2.45, 2.75) is 32.2 Å². The molecule has 0 heterocycles. The van der Waals surface area contributed by atoms with Crippen LogP contribution in [0.1, 0.15) is 36.8 Å². The number of carbonyl (C=O) groups is 1. The third-order valence-electron chi connectivity index (χ3n) is 3.40. The molecule has 3 nitrogen and oxygen atoms in total. The Morgan fingerprint density at radius 1 is 1.44 bits per heavy atom. The van der Waals surface area contributed by atoms with Crippen LogP contribution in [0.3, 0.4) is 0 Å². The largest absolute Gasteiger partial charge is 0.389 e. The number of hydrogen-bond acceptors (Lipinski definition) is 2. The zero-order valence-electron chi connectivity index (χ0n) is 10.3. The van der Waals surface area contributed by atoms with Crippen LogP contribution in [0.4, 0.5) is 0 Å². The van der Waals surface area contributed by atoms with Gasteiger partial charge in [0.05, 0.1) is 0 Å². The molecule has 0 spiro atoms. The molecule has 96 valence electrons. The Balaban J connectivity index is 1.83. The van der Waals surface area contributed by atoms with E-state index in [0.717, 1.165) is 11.1 Å². The second kappa shape index (κ2) is 5.96. The fraction of sp³-hybridized carbons (Fsp3) is 0.429. The first-order chi connectivity index (χ1) is 8.65. The van der Waals surface area contributed by atoms with Crippen LogP contribution in [0.5, 0.6) is 0 Å². The average Bonchev–Trinajstić information content (AvgIpc) is 2.31. The van der Waals surface area contributed by atoms with Crippen LogP contribution in [0, 0.1) is 5.92 Å². The lowest BCUT2D eigenvalue weighted by Gasteiger charge is -2.24. The average molecular weight is 262 g/mol. The highest BCUT2D eigenvalue weighted by Crippen LogP contribution is 2.29. The molecule has 18 heavy (non-hydrogen) atoms. The highest BCUT2D eigenvalue weighted by atomic mass is 32.1. The van der Waals surface area contributed by atoms with Gasteiger partial charge >= 0.3 is 0 Å². The summed E-state index contributed by atoms with van der Waals surface area (Å²) >= 11 is 4.93. The molecular formula is C14H18N2OS. The number of nitrogens with two attached hydrogens (primary N) is 1. The van der Waals surface area contributed by atoms with E-state index >= 15 is 0 Å². The Morgan fingerprint density at radius 2 is 2.22 bits per heavy atom. The Morgan fingerprint density at radius 3 is 2.83 bits per heavy atom. The van der Waals surface area contributed by atoms with Crippen molar-refractivity contribution in [3.63, 3.8) is 0 Å². The predicted octanol–water partition coefficient (Wildman–Crippen LogP) is 2.13. The van der Waals surface area contributed by atoms with Crippen molar-refractivity contribution >= 4 is 23.1 Å². The van der Waals surface area contributed by atoms with Crippen LogP contribution >= 0.6 is 12.2 Å². The van der Waals surface area contributed by atoms with Crippen molar-refractivity contribution in [3.8, 4) is 0 Å². The van der Waals surface area contributed by atoms with Gasteiger partial charge in [-0.05, 0) is 30.4 Å². The monoisotopic (exact) mass is 262 g/mol. The number of nitrogens with one attached hydrogen (secondary N) is 1. The van der Waals surface area contributed by atoms with Crippen LogP contribution in [0.15, 0.2) is 24.3 Å². The molecule has 1 fully saturated rings. The summed E-state index contributed by atoms with van der Waals surface area (Å²) in [6.07, 6.45) is 4.33. The second-order valence-corrected chi connectivity index (χ2v) is 5.28. The number of carbonyl (C=O) groups excluding carboxylic acids is 1. The van der Waals surface area contributed by atoms with E-state index in [4.69, 9.17) is 18.0 Å². The fourth-order valence-corrected chi connectivity index (χ4v) is 2.19. The molecule has 0 atom stereocenters. The van der Waals surface area contributed by atoms with Crippen LogP contribution in [0.2, 0.25) is 0 Å². The molecule has 1 aliphatic rings. The van der Waals surface area contributed by atoms with E-state index in [0.29, 0.717) is 23.9 Å². The van der Waals surface area contributed by atoms with Gasteiger partial charge in [0.15, 0.2) is 0 Å². The third kappa shape index (κ3) is 3.53. The Labute approximate surface area is 113 Å². The number of amides is 1. The normalized spacial score (nSPS) is 14.9. The summed E-state index contributed by atoms with van der Waals surface area (Å²) in [4.78, 5) is 12.1. The van der Waals surface area contributed by atoms with Crippen LogP contribution in [0.25, 0.3) is 0 Å². The first-order valence-electron chi connectivity index (χ1n) is 6.30. The van der Waals surface area contributed by atoms with Gasteiger partial charge in [-0.1, -0.05) is 36.8 Å². The zero-order valence-corrected chi connectivity index (χ0v) is 11.1. The van der Waals surface area contributed by atoms with E-state index in [-0.39, 0.29) is 5.91 Å². The van der Waals surface area contributed by atoms with Crippen molar-refractivity contribution in [1.82, 2.24) is 5.32 Å². The zero-order chi connectivity index (χ0) is 13.0. The highest BCUT2D eigenvalue weighted by Gasteiger charge is 2.20. The summed E-state index contributed by atoms with van der Waals surface area (Å²) in [5.41, 5.74) is 7.45. The van der Waals surface area contributed by atoms with Gasteiger partial charge in [-0.2, -0.15) is 0 Å². The molecule has 1 aliphatic carbocycles. The molecule has 1 amide bonds. The van der Waals surface area contributed by atoms with Gasteiger partial charge in [0.1, 0.15) is 4.99 Å². The summed E-state index contributed by atoms with van der Waals surface area (Å²) < 4.78 is 0. The van der Waals surface area contributed by atoms with Gasteiger partial charge in [-0.3, -0.25) is 4.79 Å². The molecular weight excluding hydrogens is 244 g/mol. The Hall–Kier alpha value is -1.42. The van der Waals surface area contributed by atoms with Crippen molar-refractivity contribution in [2.75, 3.05) is 0 Å². The lowest BCUT2D eigenvalue weighted by atomic mass is 9.83. The SMILES string of the molecule is NC(=S)c1cccc(CNC(=O)CC2CCC2)c1. The summed E-state index contributed by atoms with van der Waals surface area (Å²) in [5.74, 6) is 0.744. The van der Waals surface area contributed by atoms with E-state index in [2.05, 4.69) is 5.32 Å².